The summed E-state index contributed by atoms with van der Waals surface area (Å²) in [6.45, 7) is 3.41. The molecule has 0 saturated heterocycles. The molecular weight excluding hydrogens is 287 g/mol. The van der Waals surface area contributed by atoms with E-state index in [1.54, 1.807) is 13.8 Å². The van der Waals surface area contributed by atoms with Crippen LogP contribution in [0, 0.1) is 0 Å². The summed E-state index contributed by atoms with van der Waals surface area (Å²) in [6.07, 6.45) is -0.195. The van der Waals surface area contributed by atoms with Gasteiger partial charge in [0.1, 0.15) is 29.9 Å². The van der Waals surface area contributed by atoms with Gasteiger partial charge in [-0.25, -0.2) is 4.79 Å². The van der Waals surface area contributed by atoms with E-state index in [0.717, 1.165) is 0 Å². The van der Waals surface area contributed by atoms with Gasteiger partial charge in [0.2, 0.25) is 0 Å². The second kappa shape index (κ2) is 7.59. The van der Waals surface area contributed by atoms with Crippen molar-refractivity contribution in [3.63, 3.8) is 0 Å². The Balaban J connectivity index is 3.08. The summed E-state index contributed by atoms with van der Waals surface area (Å²) in [5.74, 6) is -0.339. The Morgan fingerprint density at radius 2 is 1.95 bits per heavy atom. The number of aliphatic hydroxyl groups excluding tert-OH is 1. The largest absolute Gasteiger partial charge is 0.465 e. The van der Waals surface area contributed by atoms with Gasteiger partial charge in [-0.3, -0.25) is 4.57 Å². The lowest BCUT2D eigenvalue weighted by Gasteiger charge is -2.16. The molecule has 7 nitrogen and oxygen atoms in total. The van der Waals surface area contributed by atoms with Crippen LogP contribution >= 0.6 is 7.60 Å². The van der Waals surface area contributed by atoms with Crippen molar-refractivity contribution in [3.05, 3.63) is 23.2 Å². The van der Waals surface area contributed by atoms with Gasteiger partial charge in [0.15, 0.2) is 0 Å². The van der Waals surface area contributed by atoms with Crippen molar-refractivity contribution in [1.82, 2.24) is 0 Å². The Bertz CT molecular complexity index is 484. The molecule has 8 heteroatoms. The first-order chi connectivity index (χ1) is 9.49. The molecule has 1 aromatic heterocycles. The molecule has 0 amide bonds. The van der Waals surface area contributed by atoms with Crippen LogP contribution in [0.2, 0.25) is 0 Å². The highest BCUT2D eigenvalue weighted by atomic mass is 31.2. The van der Waals surface area contributed by atoms with Gasteiger partial charge in [-0.15, -0.1) is 0 Å². The summed E-state index contributed by atoms with van der Waals surface area (Å²) >= 11 is 0. The summed E-state index contributed by atoms with van der Waals surface area (Å²) in [6, 6.07) is 1.35. The zero-order valence-corrected chi connectivity index (χ0v) is 12.6. The maximum Gasteiger partial charge on any atom is 0.341 e. The van der Waals surface area contributed by atoms with Crippen molar-refractivity contribution in [2.75, 3.05) is 20.3 Å². The number of aliphatic hydroxyl groups is 1. The van der Waals surface area contributed by atoms with Crippen LogP contribution in [0.3, 0.4) is 0 Å². The van der Waals surface area contributed by atoms with Crippen molar-refractivity contribution < 1.29 is 32.7 Å². The first-order valence-corrected chi connectivity index (χ1v) is 7.91. The van der Waals surface area contributed by atoms with Gasteiger partial charge >= 0.3 is 13.6 Å². The minimum absolute atomic E-state index is 0.108. The lowest BCUT2D eigenvalue weighted by atomic mass is 10.2. The van der Waals surface area contributed by atoms with Crippen LogP contribution in [-0.2, 0) is 31.1 Å². The smallest absolute Gasteiger partial charge is 0.341 e. The number of furan rings is 1. The monoisotopic (exact) mass is 306 g/mol. The normalized spacial score (nSPS) is 11.6. The van der Waals surface area contributed by atoms with Crippen LogP contribution in [0.25, 0.3) is 0 Å². The molecule has 1 heterocycles. The number of esters is 1. The average Bonchev–Trinajstić information content (AvgIpc) is 2.81. The Hall–Kier alpha value is -1.14. The third kappa shape index (κ3) is 4.18. The first kappa shape index (κ1) is 16.9. The van der Waals surface area contributed by atoms with Crippen LogP contribution in [0.4, 0.5) is 0 Å². The predicted octanol–water partition coefficient (Wildman–Crippen LogP) is 2.32. The van der Waals surface area contributed by atoms with Crippen molar-refractivity contribution >= 4 is 13.6 Å². The van der Waals surface area contributed by atoms with Gasteiger partial charge < -0.3 is 23.3 Å². The molecular formula is C12H19O7P. The highest BCUT2D eigenvalue weighted by Gasteiger charge is 2.30. The quantitative estimate of drug-likeness (QED) is 0.581. The highest BCUT2D eigenvalue weighted by molar-refractivity contribution is 7.53. The Kier molecular flexibility index (Phi) is 6.42. The van der Waals surface area contributed by atoms with E-state index >= 15 is 0 Å². The maximum atomic E-state index is 12.4. The second-order valence-electron chi connectivity index (χ2n) is 3.80. The highest BCUT2D eigenvalue weighted by Crippen LogP contribution is 2.52. The molecule has 0 spiro atoms. The first-order valence-electron chi connectivity index (χ1n) is 6.18. The Morgan fingerprint density at radius 3 is 2.40 bits per heavy atom. The van der Waals surface area contributed by atoms with Crippen LogP contribution in [-0.4, -0.2) is 31.4 Å². The lowest BCUT2D eigenvalue weighted by Crippen LogP contribution is -2.05. The van der Waals surface area contributed by atoms with Crippen LogP contribution in [0.1, 0.15) is 35.7 Å². The minimum Gasteiger partial charge on any atom is -0.465 e. The van der Waals surface area contributed by atoms with Crippen LogP contribution < -0.4 is 0 Å². The van der Waals surface area contributed by atoms with Gasteiger partial charge in [0.25, 0.3) is 0 Å². The lowest BCUT2D eigenvalue weighted by molar-refractivity contribution is 0.0598. The topological polar surface area (TPSA) is 95.2 Å². The molecule has 0 aromatic carbocycles. The minimum atomic E-state index is -3.40. The number of hydrogen-bond acceptors (Lipinski definition) is 7. The number of ether oxygens (including phenoxy) is 1. The molecule has 0 aliphatic heterocycles. The molecule has 20 heavy (non-hydrogen) atoms. The van der Waals surface area contributed by atoms with Crippen molar-refractivity contribution in [3.8, 4) is 0 Å². The fourth-order valence-corrected chi connectivity index (χ4v) is 3.29. The molecule has 1 aromatic rings. The molecule has 1 rings (SSSR count). The average molecular weight is 306 g/mol. The molecule has 1 N–H and O–H groups in total. The number of rotatable bonds is 8. The van der Waals surface area contributed by atoms with E-state index in [1.165, 1.54) is 13.2 Å². The predicted molar refractivity (Wildman–Crippen MR) is 70.5 cm³/mol. The van der Waals surface area contributed by atoms with E-state index in [4.69, 9.17) is 18.6 Å². The van der Waals surface area contributed by atoms with E-state index in [-0.39, 0.29) is 43.1 Å². The van der Waals surface area contributed by atoms with E-state index in [2.05, 4.69) is 4.74 Å². The fraction of sp³-hybridized carbons (Fsp3) is 0.583. The van der Waals surface area contributed by atoms with E-state index in [0.29, 0.717) is 0 Å². The molecule has 0 radical (unpaired) electrons. The fourth-order valence-electron chi connectivity index (χ4n) is 1.66. The molecule has 0 bridgehead atoms. The van der Waals surface area contributed by atoms with Crippen molar-refractivity contribution in [2.24, 2.45) is 0 Å². The summed E-state index contributed by atoms with van der Waals surface area (Å²) < 4.78 is 32.6. The van der Waals surface area contributed by atoms with Crippen LogP contribution in [0.15, 0.2) is 10.5 Å². The van der Waals surface area contributed by atoms with Gasteiger partial charge in [0, 0.05) is 0 Å². The van der Waals surface area contributed by atoms with E-state index in [9.17, 15) is 9.36 Å². The van der Waals surface area contributed by atoms with Gasteiger partial charge in [-0.1, -0.05) is 0 Å². The third-order valence-corrected chi connectivity index (χ3v) is 4.39. The van der Waals surface area contributed by atoms with Gasteiger partial charge in [0.05, 0.1) is 20.3 Å². The summed E-state index contributed by atoms with van der Waals surface area (Å²) in [4.78, 5) is 11.6. The molecule has 0 aliphatic rings. The molecule has 114 valence electrons. The number of carbonyl (C=O) groups excluding carboxylic acids is 1. The maximum absolute atomic E-state index is 12.4. The molecule has 0 saturated carbocycles. The molecule has 0 aliphatic carbocycles. The zero-order valence-electron chi connectivity index (χ0n) is 11.7. The molecule has 0 unspecified atom stereocenters. The standard InChI is InChI=1S/C12H19O7P/c1-4-17-20(15,18-5-2)8-11-10(12(14)16-3)6-9(7-13)19-11/h6,13H,4-5,7-8H2,1-3H3. The SMILES string of the molecule is CCOP(=O)(Cc1oc(CO)cc1C(=O)OC)OCC. The zero-order chi connectivity index (χ0) is 15.2. The second-order valence-corrected chi connectivity index (χ2v) is 5.86. The van der Waals surface area contributed by atoms with Crippen molar-refractivity contribution in [1.29, 1.82) is 0 Å². The van der Waals surface area contributed by atoms with Crippen LogP contribution in [0.5, 0.6) is 0 Å². The van der Waals surface area contributed by atoms with Gasteiger partial charge in [-0.2, -0.15) is 0 Å². The van der Waals surface area contributed by atoms with Crippen molar-refractivity contribution in [2.45, 2.75) is 26.6 Å². The third-order valence-electron chi connectivity index (χ3n) is 2.41. The number of carbonyl (C=O) groups is 1. The van der Waals surface area contributed by atoms with E-state index < -0.39 is 13.6 Å². The Labute approximate surface area is 117 Å². The van der Waals surface area contributed by atoms with E-state index in [1.807, 2.05) is 0 Å². The summed E-state index contributed by atoms with van der Waals surface area (Å²) in [7, 11) is -2.17. The number of methoxy groups -OCH3 is 1. The summed E-state index contributed by atoms with van der Waals surface area (Å²) in [5, 5.41) is 9.06. The molecule has 0 atom stereocenters. The number of hydrogen-bond donors (Lipinski definition) is 1. The van der Waals surface area contributed by atoms with Gasteiger partial charge in [-0.05, 0) is 19.9 Å². The molecule has 0 fully saturated rings. The summed E-state index contributed by atoms with van der Waals surface area (Å²) in [5.41, 5.74) is 0.108. The Morgan fingerprint density at radius 1 is 1.35 bits per heavy atom.